The molecule has 0 amide bonds. The van der Waals surface area contributed by atoms with E-state index < -0.39 is 5.41 Å². The van der Waals surface area contributed by atoms with Crippen LogP contribution >= 0.6 is 23.1 Å². The van der Waals surface area contributed by atoms with Crippen molar-refractivity contribution in [3.05, 3.63) is 186 Å². The van der Waals surface area contributed by atoms with Gasteiger partial charge in [0.05, 0.1) is 5.41 Å². The molecule has 51 heavy (non-hydrogen) atoms. The minimum Gasteiger partial charge on any atom is -0.208 e. The van der Waals surface area contributed by atoms with Gasteiger partial charge in [-0.2, -0.15) is 0 Å². The van der Waals surface area contributed by atoms with Gasteiger partial charge in [-0.3, -0.25) is 0 Å². The second-order valence-corrected chi connectivity index (χ2v) is 15.2. The van der Waals surface area contributed by atoms with Gasteiger partial charge < -0.3 is 0 Å². The van der Waals surface area contributed by atoms with E-state index >= 15 is 0 Å². The van der Waals surface area contributed by atoms with E-state index in [9.17, 15) is 0 Å². The van der Waals surface area contributed by atoms with Crippen molar-refractivity contribution in [3.8, 4) is 45.3 Å². The first-order chi connectivity index (χ1) is 25.3. The van der Waals surface area contributed by atoms with Crippen LogP contribution < -0.4 is 0 Å². The molecule has 2 aliphatic rings. The topological polar surface area (TPSA) is 38.7 Å². The van der Waals surface area contributed by atoms with Crippen LogP contribution in [-0.2, 0) is 5.41 Å². The van der Waals surface area contributed by atoms with Crippen LogP contribution in [0.4, 0.5) is 0 Å². The molecule has 0 saturated heterocycles. The van der Waals surface area contributed by atoms with Crippen LogP contribution in [0.5, 0.6) is 0 Å². The van der Waals surface area contributed by atoms with Crippen LogP contribution in [0.2, 0.25) is 0 Å². The lowest BCUT2D eigenvalue weighted by Gasteiger charge is -2.40. The third-order valence-electron chi connectivity index (χ3n) is 10.4. The molecule has 9 aromatic rings. The predicted octanol–water partition coefficient (Wildman–Crippen LogP) is 12.1. The van der Waals surface area contributed by atoms with E-state index in [-0.39, 0.29) is 0 Å². The highest BCUT2D eigenvalue weighted by Gasteiger charge is 2.51. The number of hydrogen-bond acceptors (Lipinski definition) is 5. The maximum atomic E-state index is 5.20. The van der Waals surface area contributed by atoms with Crippen LogP contribution in [0.1, 0.15) is 22.3 Å². The molecular formula is C46H27N3S2. The van der Waals surface area contributed by atoms with Crippen LogP contribution in [0, 0.1) is 0 Å². The number of fused-ring (bicyclic) bond motifs is 12. The molecule has 11 rings (SSSR count). The quantitative estimate of drug-likeness (QED) is 0.186. The minimum absolute atomic E-state index is 0.513. The molecule has 3 heterocycles. The zero-order valence-corrected chi connectivity index (χ0v) is 28.9. The molecule has 0 radical (unpaired) electrons. The number of nitrogens with zero attached hydrogens (tertiary/aromatic N) is 3. The maximum absolute atomic E-state index is 5.20. The summed E-state index contributed by atoms with van der Waals surface area (Å²) in [5, 5.41) is 2.64. The van der Waals surface area contributed by atoms with Gasteiger partial charge in [-0.15, -0.1) is 11.3 Å². The summed E-state index contributed by atoms with van der Waals surface area (Å²) in [7, 11) is 0. The van der Waals surface area contributed by atoms with Crippen molar-refractivity contribution in [3.63, 3.8) is 0 Å². The van der Waals surface area contributed by atoms with E-state index in [1.807, 2.05) is 59.5 Å². The highest BCUT2D eigenvalue weighted by molar-refractivity contribution is 7.99. The second-order valence-electron chi connectivity index (χ2n) is 13.1. The van der Waals surface area contributed by atoms with Crippen molar-refractivity contribution < 1.29 is 0 Å². The largest absolute Gasteiger partial charge is 0.208 e. The lowest BCUT2D eigenvalue weighted by Crippen LogP contribution is -2.32. The Morgan fingerprint density at radius 3 is 1.78 bits per heavy atom. The number of aromatic nitrogens is 3. The summed E-state index contributed by atoms with van der Waals surface area (Å²) in [5.41, 5.74) is 10.2. The number of thiophene rings is 1. The number of hydrogen-bond donors (Lipinski definition) is 0. The predicted molar refractivity (Wildman–Crippen MR) is 210 cm³/mol. The second kappa shape index (κ2) is 11.1. The van der Waals surface area contributed by atoms with Crippen molar-refractivity contribution in [1.82, 2.24) is 15.0 Å². The van der Waals surface area contributed by atoms with Crippen molar-refractivity contribution in [2.45, 2.75) is 15.2 Å². The smallest absolute Gasteiger partial charge is 0.165 e. The fourth-order valence-electron chi connectivity index (χ4n) is 8.24. The zero-order chi connectivity index (χ0) is 33.5. The number of benzene rings is 7. The van der Waals surface area contributed by atoms with Crippen LogP contribution in [0.15, 0.2) is 174 Å². The van der Waals surface area contributed by atoms with Crippen molar-refractivity contribution >= 4 is 43.3 Å². The zero-order valence-electron chi connectivity index (χ0n) is 27.2. The Morgan fingerprint density at radius 2 is 1.00 bits per heavy atom. The molecule has 7 aromatic carbocycles. The van der Waals surface area contributed by atoms with Gasteiger partial charge in [-0.25, -0.2) is 15.0 Å². The van der Waals surface area contributed by atoms with Crippen LogP contribution in [0.3, 0.4) is 0 Å². The third-order valence-corrected chi connectivity index (χ3v) is 12.8. The Morgan fingerprint density at radius 1 is 0.392 bits per heavy atom. The summed E-state index contributed by atoms with van der Waals surface area (Å²) >= 11 is 3.71. The summed E-state index contributed by atoms with van der Waals surface area (Å²) in [6.45, 7) is 0. The van der Waals surface area contributed by atoms with Crippen molar-refractivity contribution in [2.24, 2.45) is 0 Å². The van der Waals surface area contributed by atoms with E-state index in [1.165, 1.54) is 63.3 Å². The van der Waals surface area contributed by atoms with Gasteiger partial charge in [-0.05, 0) is 57.6 Å². The molecule has 2 aromatic heterocycles. The van der Waals surface area contributed by atoms with E-state index in [2.05, 4.69) is 127 Å². The van der Waals surface area contributed by atoms with Gasteiger partial charge in [0, 0.05) is 46.7 Å². The summed E-state index contributed by atoms with van der Waals surface area (Å²) in [6, 6.07) is 58.9. The van der Waals surface area contributed by atoms with E-state index in [0.717, 1.165) is 16.7 Å². The normalized spacial score (nSPS) is 15.5. The minimum atomic E-state index is -0.513. The first kappa shape index (κ1) is 28.9. The van der Waals surface area contributed by atoms with Gasteiger partial charge in [0.2, 0.25) is 0 Å². The number of rotatable bonds is 3. The van der Waals surface area contributed by atoms with Crippen LogP contribution in [0.25, 0.3) is 65.5 Å². The Kier molecular flexibility index (Phi) is 6.27. The molecule has 1 unspecified atom stereocenters. The van der Waals surface area contributed by atoms with Crippen molar-refractivity contribution in [1.29, 1.82) is 0 Å². The summed E-state index contributed by atoms with van der Waals surface area (Å²) < 4.78 is 2.63. The molecule has 1 aliphatic carbocycles. The van der Waals surface area contributed by atoms with E-state index in [4.69, 9.17) is 15.0 Å². The van der Waals surface area contributed by atoms with Gasteiger partial charge >= 0.3 is 0 Å². The standard InChI is InChI=1S/C46H27N3S2/c1-3-14-28(15-4-1)43-47-44(29-16-5-2-6-17-29)49-45(48-43)32-20-13-23-37-42(32)51-40-25-12-10-22-36(40)46(37)35-21-9-7-18-30(35)33-26-34-31-19-8-11-24-39(31)50-41(34)27-38(33)46/h1-27H. The molecular weight excluding hydrogens is 659 g/mol. The average Bonchev–Trinajstić information content (AvgIpc) is 3.70. The molecule has 238 valence electrons. The Hall–Kier alpha value is -5.88. The van der Waals surface area contributed by atoms with E-state index in [0.29, 0.717) is 17.5 Å². The molecule has 1 aliphatic heterocycles. The molecule has 1 atom stereocenters. The molecule has 0 bridgehead atoms. The van der Waals surface area contributed by atoms with Gasteiger partial charge in [0.15, 0.2) is 17.5 Å². The maximum Gasteiger partial charge on any atom is 0.165 e. The third kappa shape index (κ3) is 4.16. The Labute approximate surface area is 303 Å². The summed E-state index contributed by atoms with van der Waals surface area (Å²) in [6.07, 6.45) is 0. The van der Waals surface area contributed by atoms with Gasteiger partial charge in [0.1, 0.15) is 0 Å². The molecule has 0 N–H and O–H groups in total. The first-order valence-electron chi connectivity index (χ1n) is 17.1. The van der Waals surface area contributed by atoms with Crippen LogP contribution in [-0.4, -0.2) is 15.0 Å². The molecule has 0 saturated carbocycles. The van der Waals surface area contributed by atoms with Crippen molar-refractivity contribution in [2.75, 3.05) is 0 Å². The Balaban J connectivity index is 1.22. The molecule has 0 fully saturated rings. The summed E-state index contributed by atoms with van der Waals surface area (Å²) in [5.74, 6) is 2.00. The first-order valence-corrected chi connectivity index (χ1v) is 18.7. The lowest BCUT2D eigenvalue weighted by molar-refractivity contribution is 0.723. The SMILES string of the molecule is c1ccc(-c2nc(-c3ccccc3)nc(-c3cccc4c3Sc3ccccc3C43c4ccccc4-c4cc5c(cc43)sc3ccccc35)n2)cc1. The van der Waals surface area contributed by atoms with E-state index in [1.54, 1.807) is 0 Å². The molecule has 3 nitrogen and oxygen atoms in total. The average molecular weight is 686 g/mol. The fraction of sp³-hybridized carbons (Fsp3) is 0.0217. The summed E-state index contributed by atoms with van der Waals surface area (Å²) in [4.78, 5) is 17.8. The molecule has 5 heteroatoms. The molecule has 1 spiro atoms. The highest BCUT2D eigenvalue weighted by Crippen LogP contribution is 2.64. The lowest BCUT2D eigenvalue weighted by atomic mass is 9.67. The monoisotopic (exact) mass is 685 g/mol. The van der Waals surface area contributed by atoms with Gasteiger partial charge in [0.25, 0.3) is 0 Å². The highest BCUT2D eigenvalue weighted by atomic mass is 32.2. The fourth-order valence-corrected chi connectivity index (χ4v) is 10.7. The van der Waals surface area contributed by atoms with Gasteiger partial charge in [-0.1, -0.05) is 151 Å². The Bertz CT molecular complexity index is 2790.